The summed E-state index contributed by atoms with van der Waals surface area (Å²) in [6.07, 6.45) is 1.04. The van der Waals surface area contributed by atoms with Gasteiger partial charge in [0.1, 0.15) is 17.5 Å². The van der Waals surface area contributed by atoms with Gasteiger partial charge in [0.25, 0.3) is 5.91 Å². The molecule has 1 saturated heterocycles. The molecule has 0 radical (unpaired) electrons. The number of hydrogen-bond donors (Lipinski definition) is 2. The van der Waals surface area contributed by atoms with E-state index in [-0.39, 0.29) is 32.0 Å². The predicted octanol–water partition coefficient (Wildman–Crippen LogP) is 5.13. The van der Waals surface area contributed by atoms with Crippen molar-refractivity contribution in [2.45, 2.75) is 75.7 Å². The highest BCUT2D eigenvalue weighted by atomic mass is 19.4. The fraction of sp³-hybridized carbons (Fsp3) is 0.536. The minimum Gasteiger partial charge on any atom is -0.480 e. The normalized spacial score (nSPS) is 20.7. The second-order valence-electron chi connectivity index (χ2n) is 10.5. The molecule has 1 aromatic heterocycles. The van der Waals surface area contributed by atoms with Crippen molar-refractivity contribution in [1.82, 2.24) is 15.2 Å². The number of benzene rings is 1. The number of aryl methyl sites for hydroxylation is 3. The number of aromatic nitrogens is 1. The lowest BCUT2D eigenvalue weighted by molar-refractivity contribution is -0.140. The first-order chi connectivity index (χ1) is 18.4. The molecule has 1 fully saturated rings. The molecule has 39 heavy (non-hydrogen) atoms. The lowest BCUT2D eigenvalue weighted by Gasteiger charge is -2.38. The van der Waals surface area contributed by atoms with E-state index >= 15 is 4.39 Å². The van der Waals surface area contributed by atoms with Gasteiger partial charge in [-0.1, -0.05) is 6.07 Å². The van der Waals surface area contributed by atoms with Crippen LogP contribution in [0.25, 0.3) is 0 Å². The highest BCUT2D eigenvalue weighted by Crippen LogP contribution is 2.32. The van der Waals surface area contributed by atoms with E-state index in [0.717, 1.165) is 37.1 Å². The maximum atomic E-state index is 15.8. The number of carboxylic acid groups (broad SMARTS) is 1. The zero-order valence-electron chi connectivity index (χ0n) is 21.5. The van der Waals surface area contributed by atoms with Gasteiger partial charge < -0.3 is 15.3 Å². The SMILES string of the molecule is O=C(N[C@@H](CCN1CCC[C@@](F)(CCc2ccc3c(n2)CCCC3)C1)C(=O)O)c1cc(F)cc(C(F)(F)F)c1. The van der Waals surface area contributed by atoms with Crippen LogP contribution in [0, 0.1) is 5.82 Å². The molecule has 2 atom stereocenters. The molecular formula is C28H32F5N3O3. The molecule has 0 saturated carbocycles. The first-order valence-electron chi connectivity index (χ1n) is 13.2. The Labute approximate surface area is 223 Å². The molecule has 0 unspecified atom stereocenters. The van der Waals surface area contributed by atoms with Crippen LogP contribution in [0.15, 0.2) is 30.3 Å². The van der Waals surface area contributed by atoms with Crippen LogP contribution >= 0.6 is 0 Å². The van der Waals surface area contributed by atoms with Crippen molar-refractivity contribution < 1.29 is 36.6 Å². The number of amides is 1. The van der Waals surface area contributed by atoms with Crippen molar-refractivity contribution in [3.63, 3.8) is 0 Å². The molecule has 1 aromatic carbocycles. The number of nitrogens with one attached hydrogen (secondary N) is 1. The third-order valence-electron chi connectivity index (χ3n) is 7.50. The molecule has 1 aliphatic heterocycles. The third kappa shape index (κ3) is 7.74. The molecular weight excluding hydrogens is 521 g/mol. The van der Waals surface area contributed by atoms with Gasteiger partial charge >= 0.3 is 12.1 Å². The Balaban J connectivity index is 1.32. The highest BCUT2D eigenvalue weighted by Gasteiger charge is 2.36. The van der Waals surface area contributed by atoms with Gasteiger partial charge in [0.15, 0.2) is 0 Å². The molecule has 2 heterocycles. The molecule has 1 amide bonds. The van der Waals surface area contributed by atoms with Crippen molar-refractivity contribution in [1.29, 1.82) is 0 Å². The summed E-state index contributed by atoms with van der Waals surface area (Å²) >= 11 is 0. The Morgan fingerprint density at radius 2 is 1.90 bits per heavy atom. The molecule has 0 spiro atoms. The standard InChI is InChI=1S/C28H32F5N3O3/c29-21-15-19(14-20(16-21)28(31,32)33)25(37)35-24(26(38)39)9-13-36-12-3-10-27(30,17-36)11-8-22-7-6-18-4-1-2-5-23(18)34-22/h6-7,14-16,24H,1-5,8-13,17H2,(H,35,37)(H,38,39)/t24-,27+/m0/s1. The lowest BCUT2D eigenvalue weighted by Crippen LogP contribution is -2.48. The molecule has 1 aliphatic carbocycles. The van der Waals surface area contributed by atoms with Crippen LogP contribution in [0.2, 0.25) is 0 Å². The Morgan fingerprint density at radius 1 is 1.13 bits per heavy atom. The molecule has 4 rings (SSSR count). The number of nitrogens with zero attached hydrogens (tertiary/aromatic N) is 2. The zero-order chi connectivity index (χ0) is 28.2. The number of fused-ring (bicyclic) bond motifs is 1. The fourth-order valence-electron chi connectivity index (χ4n) is 5.39. The number of hydrogen-bond acceptors (Lipinski definition) is 4. The van der Waals surface area contributed by atoms with E-state index in [1.807, 2.05) is 6.07 Å². The van der Waals surface area contributed by atoms with E-state index in [1.165, 1.54) is 5.56 Å². The second kappa shape index (κ2) is 12.0. The van der Waals surface area contributed by atoms with Crippen molar-refractivity contribution in [2.75, 3.05) is 19.6 Å². The lowest BCUT2D eigenvalue weighted by atomic mass is 9.88. The number of aliphatic carboxylic acids is 1. The minimum absolute atomic E-state index is 0.0923. The Kier molecular flexibility index (Phi) is 8.88. The van der Waals surface area contributed by atoms with Crippen LogP contribution < -0.4 is 5.32 Å². The first-order valence-corrected chi connectivity index (χ1v) is 13.2. The van der Waals surface area contributed by atoms with Gasteiger partial charge in [0, 0.05) is 30.0 Å². The highest BCUT2D eigenvalue weighted by molar-refractivity contribution is 5.96. The number of pyridine rings is 1. The van der Waals surface area contributed by atoms with Crippen molar-refractivity contribution >= 4 is 11.9 Å². The van der Waals surface area contributed by atoms with Gasteiger partial charge in [-0.3, -0.25) is 9.78 Å². The maximum absolute atomic E-state index is 15.8. The summed E-state index contributed by atoms with van der Waals surface area (Å²) < 4.78 is 68.4. The number of alkyl halides is 4. The number of rotatable bonds is 9. The molecule has 6 nitrogen and oxygen atoms in total. The first kappa shape index (κ1) is 28.9. The van der Waals surface area contributed by atoms with Gasteiger partial charge in [0.2, 0.25) is 0 Å². The van der Waals surface area contributed by atoms with Crippen LogP contribution in [0.5, 0.6) is 0 Å². The summed E-state index contributed by atoms with van der Waals surface area (Å²) in [5.41, 5.74) is -0.214. The van der Waals surface area contributed by atoms with Crippen LogP contribution in [0.1, 0.15) is 71.4 Å². The molecule has 0 bridgehead atoms. The quantitative estimate of drug-likeness (QED) is 0.421. The average molecular weight is 554 g/mol. The molecule has 2 N–H and O–H groups in total. The van der Waals surface area contributed by atoms with Gasteiger partial charge in [-0.2, -0.15) is 13.2 Å². The number of piperidine rings is 1. The van der Waals surface area contributed by atoms with Crippen LogP contribution in [0.3, 0.4) is 0 Å². The molecule has 2 aliphatic rings. The summed E-state index contributed by atoms with van der Waals surface area (Å²) in [6, 6.07) is 3.95. The largest absolute Gasteiger partial charge is 0.480 e. The van der Waals surface area contributed by atoms with Gasteiger partial charge in [0.05, 0.1) is 5.56 Å². The summed E-state index contributed by atoms with van der Waals surface area (Å²) in [5, 5.41) is 11.7. The van der Waals surface area contributed by atoms with E-state index in [1.54, 1.807) is 4.90 Å². The Hall–Kier alpha value is -3.08. The van der Waals surface area contributed by atoms with E-state index in [9.17, 15) is 32.3 Å². The van der Waals surface area contributed by atoms with Crippen LogP contribution in [-0.4, -0.2) is 58.2 Å². The summed E-state index contributed by atoms with van der Waals surface area (Å²) in [4.78, 5) is 30.8. The van der Waals surface area contributed by atoms with Crippen molar-refractivity contribution in [3.05, 3.63) is 64.2 Å². The summed E-state index contributed by atoms with van der Waals surface area (Å²) in [5.74, 6) is -3.79. The zero-order valence-corrected chi connectivity index (χ0v) is 21.5. The predicted molar refractivity (Wildman–Crippen MR) is 134 cm³/mol. The van der Waals surface area contributed by atoms with Crippen LogP contribution in [-0.2, 0) is 30.2 Å². The van der Waals surface area contributed by atoms with E-state index < -0.39 is 46.7 Å². The summed E-state index contributed by atoms with van der Waals surface area (Å²) in [6.45, 7) is 0.829. The third-order valence-corrected chi connectivity index (χ3v) is 7.50. The average Bonchev–Trinajstić information content (AvgIpc) is 2.88. The summed E-state index contributed by atoms with van der Waals surface area (Å²) in [7, 11) is 0. The van der Waals surface area contributed by atoms with E-state index in [0.29, 0.717) is 37.9 Å². The van der Waals surface area contributed by atoms with Gasteiger partial charge in [-0.15, -0.1) is 0 Å². The molecule has 212 valence electrons. The molecule has 2 aromatic rings. The van der Waals surface area contributed by atoms with Gasteiger partial charge in [-0.25, -0.2) is 13.6 Å². The number of halogens is 5. The Bertz CT molecular complexity index is 1210. The maximum Gasteiger partial charge on any atom is 0.416 e. The van der Waals surface area contributed by atoms with E-state index in [2.05, 4.69) is 11.4 Å². The number of carbonyl (C=O) groups excluding carboxylic acids is 1. The number of carbonyl (C=O) groups is 2. The van der Waals surface area contributed by atoms with Crippen molar-refractivity contribution in [2.24, 2.45) is 0 Å². The van der Waals surface area contributed by atoms with Crippen LogP contribution in [0.4, 0.5) is 22.0 Å². The monoisotopic (exact) mass is 553 g/mol. The van der Waals surface area contributed by atoms with Gasteiger partial charge in [-0.05, 0) is 94.2 Å². The number of carboxylic acids is 1. The van der Waals surface area contributed by atoms with E-state index in [4.69, 9.17) is 4.98 Å². The Morgan fingerprint density at radius 3 is 2.64 bits per heavy atom. The van der Waals surface area contributed by atoms with Crippen molar-refractivity contribution in [3.8, 4) is 0 Å². The second-order valence-corrected chi connectivity index (χ2v) is 10.5. The topological polar surface area (TPSA) is 82.5 Å². The molecule has 11 heteroatoms. The fourth-order valence-corrected chi connectivity index (χ4v) is 5.39. The smallest absolute Gasteiger partial charge is 0.416 e. The number of likely N-dealkylation sites (tertiary alicyclic amines) is 1. The minimum atomic E-state index is -4.87.